The van der Waals surface area contributed by atoms with E-state index in [9.17, 15) is 0 Å². The van der Waals surface area contributed by atoms with Crippen LogP contribution in [-0.2, 0) is 7.05 Å². The van der Waals surface area contributed by atoms with Gasteiger partial charge in [0.2, 0.25) is 0 Å². The zero-order valence-electron chi connectivity index (χ0n) is 13.0. The molecular weight excluding hydrogens is 431 g/mol. The number of pyridine rings is 1. The average Bonchev–Trinajstić information content (AvgIpc) is 3.21. The number of nitrogens with zero attached hydrogens (tertiary/aromatic N) is 2. The molecule has 0 saturated carbocycles. The molecule has 3 aromatic heterocycles. The van der Waals surface area contributed by atoms with Crippen LogP contribution in [0.5, 0.6) is 0 Å². The van der Waals surface area contributed by atoms with Gasteiger partial charge in [0.05, 0.1) is 10.2 Å². The van der Waals surface area contributed by atoms with Crippen molar-refractivity contribution < 1.29 is 33.0 Å². The molecule has 0 aliphatic carbocycles. The molecule has 0 bridgehead atoms. The molecular formula is C19H15IN2OS. The van der Waals surface area contributed by atoms with Crippen LogP contribution < -0.4 is 28.5 Å². The number of para-hydroxylation sites is 1. The van der Waals surface area contributed by atoms with Crippen molar-refractivity contribution >= 4 is 33.7 Å². The first-order valence-electron chi connectivity index (χ1n) is 7.37. The fraction of sp³-hybridized carbons (Fsp3) is 0.0526. The highest BCUT2D eigenvalue weighted by Crippen LogP contribution is 2.31. The molecule has 4 rings (SSSR count). The average molecular weight is 446 g/mol. The van der Waals surface area contributed by atoms with E-state index >= 15 is 0 Å². The van der Waals surface area contributed by atoms with E-state index in [1.54, 1.807) is 11.3 Å². The van der Waals surface area contributed by atoms with E-state index in [1.807, 2.05) is 66.5 Å². The van der Waals surface area contributed by atoms with Gasteiger partial charge in [-0.3, -0.25) is 0 Å². The van der Waals surface area contributed by atoms with E-state index in [0.717, 1.165) is 27.6 Å². The molecule has 4 aromatic rings. The highest BCUT2D eigenvalue weighted by Gasteiger charge is 2.09. The number of halogens is 1. The fourth-order valence-electron chi connectivity index (χ4n) is 2.34. The number of benzene rings is 1. The summed E-state index contributed by atoms with van der Waals surface area (Å²) in [5.41, 5.74) is 2.15. The van der Waals surface area contributed by atoms with Gasteiger partial charge >= 0.3 is 0 Å². The standard InChI is InChI=1S/C19H15N2OS.HI/c1-21-12-10-14(11-13-21)6-7-15-8-9-17(22-15)19-20-16-4-2-3-5-18(16)23-19;/h2-13H,1H3;1H/q+1;/p-1/b7-6+;. The largest absolute Gasteiger partial charge is 1.00 e. The third-order valence-corrected chi connectivity index (χ3v) is 4.63. The van der Waals surface area contributed by atoms with Gasteiger partial charge in [-0.25, -0.2) is 9.55 Å². The van der Waals surface area contributed by atoms with Gasteiger partial charge in [-0.2, -0.15) is 0 Å². The summed E-state index contributed by atoms with van der Waals surface area (Å²) in [5.74, 6) is 1.64. The lowest BCUT2D eigenvalue weighted by molar-refractivity contribution is -0.671. The SMILES string of the molecule is C[n+]1ccc(/C=C/c2ccc(-c3nc4ccccc4s3)o2)cc1.[I-]. The lowest BCUT2D eigenvalue weighted by atomic mass is 10.2. The van der Waals surface area contributed by atoms with Crippen molar-refractivity contribution in [1.29, 1.82) is 0 Å². The number of thiazole rings is 1. The molecule has 0 aliphatic rings. The molecule has 0 N–H and O–H groups in total. The normalized spacial score (nSPS) is 11.0. The Hall–Kier alpha value is -1.99. The van der Waals surface area contributed by atoms with Crippen molar-refractivity contribution in [1.82, 2.24) is 4.98 Å². The molecule has 0 spiro atoms. The zero-order chi connectivity index (χ0) is 15.6. The van der Waals surface area contributed by atoms with Gasteiger partial charge in [0.15, 0.2) is 23.2 Å². The van der Waals surface area contributed by atoms with Gasteiger partial charge in [0.25, 0.3) is 0 Å². The summed E-state index contributed by atoms with van der Waals surface area (Å²) in [6, 6.07) is 16.2. The van der Waals surface area contributed by atoms with Crippen LogP contribution in [0.1, 0.15) is 11.3 Å². The molecule has 5 heteroatoms. The van der Waals surface area contributed by atoms with Gasteiger partial charge in [0.1, 0.15) is 12.8 Å². The number of hydrogen-bond donors (Lipinski definition) is 0. The van der Waals surface area contributed by atoms with Crippen LogP contribution in [0.15, 0.2) is 65.3 Å². The van der Waals surface area contributed by atoms with Crippen molar-refractivity contribution in [2.75, 3.05) is 0 Å². The molecule has 0 fully saturated rings. The summed E-state index contributed by atoms with van der Waals surface area (Å²) in [7, 11) is 2.00. The van der Waals surface area contributed by atoms with Crippen LogP contribution in [0.2, 0.25) is 0 Å². The smallest absolute Gasteiger partial charge is 0.169 e. The summed E-state index contributed by atoms with van der Waals surface area (Å²) >= 11 is 1.65. The van der Waals surface area contributed by atoms with Crippen molar-refractivity contribution in [2.24, 2.45) is 7.05 Å². The number of hydrogen-bond acceptors (Lipinski definition) is 3. The molecule has 120 valence electrons. The number of fused-ring (bicyclic) bond motifs is 1. The summed E-state index contributed by atoms with van der Waals surface area (Å²) in [6.45, 7) is 0. The Morgan fingerprint density at radius 3 is 2.58 bits per heavy atom. The Balaban J connectivity index is 0.00000169. The second-order valence-corrected chi connectivity index (χ2v) is 6.35. The first kappa shape index (κ1) is 16.9. The van der Waals surface area contributed by atoms with Crippen molar-refractivity contribution in [3.63, 3.8) is 0 Å². The zero-order valence-corrected chi connectivity index (χ0v) is 16.0. The first-order chi connectivity index (χ1) is 11.3. The molecule has 0 atom stereocenters. The van der Waals surface area contributed by atoms with E-state index in [-0.39, 0.29) is 24.0 Å². The summed E-state index contributed by atoms with van der Waals surface area (Å²) < 4.78 is 9.08. The highest BCUT2D eigenvalue weighted by atomic mass is 127. The Kier molecular flexibility index (Phi) is 5.11. The second kappa shape index (κ2) is 7.27. The Labute approximate surface area is 161 Å². The van der Waals surface area contributed by atoms with E-state index in [2.05, 4.69) is 23.2 Å². The van der Waals surface area contributed by atoms with Crippen LogP contribution in [0, 0.1) is 0 Å². The molecule has 0 saturated heterocycles. The topological polar surface area (TPSA) is 29.9 Å². The predicted octanol–water partition coefficient (Wildman–Crippen LogP) is 1.56. The lowest BCUT2D eigenvalue weighted by Crippen LogP contribution is -3.00. The molecule has 0 amide bonds. The molecule has 0 radical (unpaired) electrons. The Morgan fingerprint density at radius 1 is 1.00 bits per heavy atom. The van der Waals surface area contributed by atoms with Crippen molar-refractivity contribution in [3.05, 3.63) is 72.2 Å². The van der Waals surface area contributed by atoms with Crippen molar-refractivity contribution in [2.45, 2.75) is 0 Å². The molecule has 3 heterocycles. The first-order valence-corrected chi connectivity index (χ1v) is 8.19. The third kappa shape index (κ3) is 3.57. The molecule has 24 heavy (non-hydrogen) atoms. The number of aromatic nitrogens is 2. The van der Waals surface area contributed by atoms with Crippen molar-refractivity contribution in [3.8, 4) is 10.8 Å². The maximum Gasteiger partial charge on any atom is 0.169 e. The van der Waals surface area contributed by atoms with E-state index in [4.69, 9.17) is 4.42 Å². The summed E-state index contributed by atoms with van der Waals surface area (Å²) in [5, 5.41) is 0.914. The Morgan fingerprint density at radius 2 is 1.79 bits per heavy atom. The maximum absolute atomic E-state index is 5.90. The van der Waals surface area contributed by atoms with Crippen LogP contribution >= 0.6 is 11.3 Å². The van der Waals surface area contributed by atoms with Gasteiger partial charge < -0.3 is 28.4 Å². The minimum atomic E-state index is 0. The monoisotopic (exact) mass is 446 g/mol. The minimum Gasteiger partial charge on any atom is -1.00 e. The van der Waals surface area contributed by atoms with Gasteiger partial charge in [-0.1, -0.05) is 18.2 Å². The minimum absolute atomic E-state index is 0. The molecule has 3 nitrogen and oxygen atoms in total. The van der Waals surface area contributed by atoms with E-state index < -0.39 is 0 Å². The highest BCUT2D eigenvalue weighted by molar-refractivity contribution is 7.21. The predicted molar refractivity (Wildman–Crippen MR) is 93.9 cm³/mol. The Bertz CT molecular complexity index is 953. The molecule has 1 aromatic carbocycles. The van der Waals surface area contributed by atoms with Crippen LogP contribution in [0.4, 0.5) is 0 Å². The molecule has 0 unspecified atom stereocenters. The van der Waals surface area contributed by atoms with Gasteiger partial charge in [-0.05, 0) is 35.9 Å². The lowest BCUT2D eigenvalue weighted by Gasteiger charge is -1.91. The van der Waals surface area contributed by atoms with Crippen LogP contribution in [-0.4, -0.2) is 4.98 Å². The van der Waals surface area contributed by atoms with Gasteiger partial charge in [0, 0.05) is 12.1 Å². The second-order valence-electron chi connectivity index (χ2n) is 5.32. The fourth-order valence-corrected chi connectivity index (χ4v) is 3.26. The molecule has 0 aliphatic heterocycles. The van der Waals surface area contributed by atoms with Crippen LogP contribution in [0.25, 0.3) is 33.1 Å². The van der Waals surface area contributed by atoms with E-state index in [0.29, 0.717) is 0 Å². The summed E-state index contributed by atoms with van der Waals surface area (Å²) in [6.07, 6.45) is 8.07. The summed E-state index contributed by atoms with van der Waals surface area (Å²) in [4.78, 5) is 4.62. The number of aryl methyl sites for hydroxylation is 1. The maximum atomic E-state index is 5.90. The quantitative estimate of drug-likeness (QED) is 0.353. The number of rotatable bonds is 3. The van der Waals surface area contributed by atoms with Gasteiger partial charge in [-0.15, -0.1) is 11.3 Å². The third-order valence-electron chi connectivity index (χ3n) is 3.58. The van der Waals surface area contributed by atoms with Crippen LogP contribution in [0.3, 0.4) is 0 Å². The number of furan rings is 1. The van der Waals surface area contributed by atoms with E-state index in [1.165, 1.54) is 4.70 Å².